The first-order chi connectivity index (χ1) is 18.2. The molecule has 11 nitrogen and oxygen atoms in total. The summed E-state index contributed by atoms with van der Waals surface area (Å²) in [4.78, 5) is 50.5. The van der Waals surface area contributed by atoms with Gasteiger partial charge in [0.15, 0.2) is 6.10 Å². The molecule has 0 aromatic rings. The molecule has 1 heterocycles. The Balaban J connectivity index is 1.36. The van der Waals surface area contributed by atoms with E-state index in [-0.39, 0.29) is 5.92 Å². The van der Waals surface area contributed by atoms with E-state index in [4.69, 9.17) is 18.8 Å². The monoisotopic (exact) mass is 580 g/mol. The van der Waals surface area contributed by atoms with E-state index in [1.54, 1.807) is 0 Å². The van der Waals surface area contributed by atoms with Crippen LogP contribution in [0.25, 0.3) is 0 Å². The van der Waals surface area contributed by atoms with E-state index in [2.05, 4.69) is 11.7 Å². The summed E-state index contributed by atoms with van der Waals surface area (Å²) < 4.78 is 78.8. The molecule has 0 radical (unpaired) electrons. The molecule has 2 bridgehead atoms. The van der Waals surface area contributed by atoms with Crippen LogP contribution in [0.4, 0.5) is 8.78 Å². The van der Waals surface area contributed by atoms with Crippen LogP contribution in [0.3, 0.4) is 0 Å². The van der Waals surface area contributed by atoms with Crippen molar-refractivity contribution in [3.05, 3.63) is 0 Å². The molecule has 0 aromatic heterocycles. The zero-order valence-electron chi connectivity index (χ0n) is 21.8. The second-order valence-electron chi connectivity index (χ2n) is 11.1. The largest absolute Gasteiger partial charge is 0.459 e. The third kappa shape index (κ3) is 5.63. The molecule has 4 aliphatic rings. The van der Waals surface area contributed by atoms with E-state index < -0.39 is 93.8 Å². The van der Waals surface area contributed by atoms with Crippen molar-refractivity contribution in [2.75, 3.05) is 0 Å². The molecular weight excluding hydrogens is 546 g/mol. The average Bonchev–Trinajstić information content (AvgIpc) is 3.59. The third-order valence-corrected chi connectivity index (χ3v) is 9.58. The van der Waals surface area contributed by atoms with Gasteiger partial charge in [-0.1, -0.05) is 13.3 Å². The molecular formula is C25H34F2O11S. The molecule has 0 spiro atoms. The predicted octanol–water partition coefficient (Wildman–Crippen LogP) is 2.94. The van der Waals surface area contributed by atoms with Gasteiger partial charge in [-0.3, -0.25) is 23.7 Å². The minimum absolute atomic E-state index is 0.304. The number of alkyl halides is 2. The highest BCUT2D eigenvalue weighted by Gasteiger charge is 2.70. The summed E-state index contributed by atoms with van der Waals surface area (Å²) in [6.07, 6.45) is 1.06. The lowest BCUT2D eigenvalue weighted by Crippen LogP contribution is -2.46. The molecule has 14 heteroatoms. The quantitative estimate of drug-likeness (QED) is 0.205. The number of rotatable bonds is 12. The topological polar surface area (TPSA) is 160 Å². The lowest BCUT2D eigenvalue weighted by atomic mass is 9.78. The Morgan fingerprint density at radius 3 is 2.41 bits per heavy atom. The Hall–Kier alpha value is -2.35. The maximum Gasteiger partial charge on any atom is 0.405 e. The molecule has 7 unspecified atom stereocenters. The van der Waals surface area contributed by atoms with Crippen LogP contribution in [0.5, 0.6) is 0 Å². The van der Waals surface area contributed by atoms with Crippen molar-refractivity contribution in [1.82, 2.24) is 0 Å². The van der Waals surface area contributed by atoms with E-state index in [1.807, 2.05) is 0 Å². The van der Waals surface area contributed by atoms with Crippen LogP contribution < -0.4 is 0 Å². The zero-order chi connectivity index (χ0) is 28.8. The van der Waals surface area contributed by atoms with Crippen LogP contribution in [-0.4, -0.2) is 66.0 Å². The number of ether oxygens (including phenoxy) is 4. The van der Waals surface area contributed by atoms with Gasteiger partial charge in [0, 0.05) is 11.8 Å². The summed E-state index contributed by atoms with van der Waals surface area (Å²) in [7, 11) is -5.82. The molecule has 0 aromatic carbocycles. The smallest absolute Gasteiger partial charge is 0.405 e. The number of unbranched alkanes of at least 4 members (excludes halogenated alkanes) is 1. The summed E-state index contributed by atoms with van der Waals surface area (Å²) in [6.45, 7) is 2.64. The maximum absolute atomic E-state index is 13.6. The van der Waals surface area contributed by atoms with Crippen molar-refractivity contribution < 1.29 is 59.9 Å². The van der Waals surface area contributed by atoms with Gasteiger partial charge in [-0.05, 0) is 51.9 Å². The van der Waals surface area contributed by atoms with Gasteiger partial charge >= 0.3 is 39.2 Å². The summed E-state index contributed by atoms with van der Waals surface area (Å²) in [5.41, 5.74) is -0.549. The molecule has 1 N–H and O–H groups in total. The molecule has 3 saturated carbocycles. The Morgan fingerprint density at radius 1 is 1.15 bits per heavy atom. The fraction of sp³-hybridized carbons (Fsp3) is 0.840. The fourth-order valence-electron chi connectivity index (χ4n) is 6.62. The summed E-state index contributed by atoms with van der Waals surface area (Å²) in [5.74, 6) is -5.50. The highest BCUT2D eigenvalue weighted by Crippen LogP contribution is 2.59. The van der Waals surface area contributed by atoms with Crippen molar-refractivity contribution in [2.24, 2.45) is 23.7 Å². The molecule has 7 atom stereocenters. The van der Waals surface area contributed by atoms with Gasteiger partial charge in [-0.2, -0.15) is 17.2 Å². The number of halogens is 2. The first-order valence-corrected chi connectivity index (χ1v) is 14.8. The van der Waals surface area contributed by atoms with Gasteiger partial charge in [0.1, 0.15) is 17.8 Å². The minimum atomic E-state index is -5.82. The van der Waals surface area contributed by atoms with Crippen LogP contribution in [0.2, 0.25) is 0 Å². The number of hydrogen-bond acceptors (Lipinski definition) is 10. The van der Waals surface area contributed by atoms with Crippen molar-refractivity contribution in [3.8, 4) is 0 Å². The molecule has 1 saturated heterocycles. The van der Waals surface area contributed by atoms with Gasteiger partial charge < -0.3 is 18.9 Å². The van der Waals surface area contributed by atoms with Crippen LogP contribution in [0, 0.1) is 23.7 Å². The SMILES string of the molecule is CCCCC1(OC(=O)C2C3CC4C(OC(=O)C42)C3OC(=O)CCC(=O)OC(C)C(F)(F)S(=O)(=O)O)CCCC1. The van der Waals surface area contributed by atoms with Crippen LogP contribution in [0.1, 0.15) is 78.1 Å². The molecule has 3 aliphatic carbocycles. The fourth-order valence-corrected chi connectivity index (χ4v) is 7.09. The van der Waals surface area contributed by atoms with Crippen LogP contribution in [0.15, 0.2) is 0 Å². The van der Waals surface area contributed by atoms with Crippen LogP contribution >= 0.6 is 0 Å². The summed E-state index contributed by atoms with van der Waals surface area (Å²) >= 11 is 0. The van der Waals surface area contributed by atoms with Gasteiger partial charge in [0.25, 0.3) is 0 Å². The van der Waals surface area contributed by atoms with E-state index >= 15 is 0 Å². The highest BCUT2D eigenvalue weighted by molar-refractivity contribution is 7.86. The molecule has 0 amide bonds. The first kappa shape index (κ1) is 29.6. The molecule has 4 rings (SSSR count). The van der Waals surface area contributed by atoms with Gasteiger partial charge in [0.05, 0.1) is 24.7 Å². The van der Waals surface area contributed by atoms with E-state index in [9.17, 15) is 36.4 Å². The second kappa shape index (κ2) is 10.9. The standard InChI is InChI=1S/C25H34F2O11S/c1-3-4-9-24(10-5-6-11-24)38-23(31)19-15-12-14-18(19)22(30)37-21(14)20(15)36-17(29)8-7-16(28)35-13(2)25(26,27)39(32,33)34/h13-15,18-21H,3-12H2,1-2H3,(H,32,33,34). The normalized spacial score (nSPS) is 31.6. The first-order valence-electron chi connectivity index (χ1n) is 13.4. The lowest BCUT2D eigenvalue weighted by molar-refractivity contribution is -0.175. The molecule has 220 valence electrons. The number of hydrogen-bond donors (Lipinski definition) is 1. The predicted molar refractivity (Wildman–Crippen MR) is 126 cm³/mol. The Bertz CT molecular complexity index is 1100. The third-order valence-electron chi connectivity index (χ3n) is 8.56. The lowest BCUT2D eigenvalue weighted by Gasteiger charge is -2.34. The van der Waals surface area contributed by atoms with E-state index in [0.717, 1.165) is 44.9 Å². The number of carbonyl (C=O) groups excluding carboxylic acids is 4. The number of fused-ring (bicyclic) bond motifs is 1. The minimum Gasteiger partial charge on any atom is -0.459 e. The van der Waals surface area contributed by atoms with Gasteiger partial charge in [-0.15, -0.1) is 0 Å². The van der Waals surface area contributed by atoms with Crippen molar-refractivity contribution >= 4 is 34.0 Å². The van der Waals surface area contributed by atoms with Crippen LogP contribution in [-0.2, 0) is 48.2 Å². The Labute approximate surface area is 225 Å². The molecule has 4 fully saturated rings. The maximum atomic E-state index is 13.6. The van der Waals surface area contributed by atoms with Crippen molar-refractivity contribution in [1.29, 1.82) is 0 Å². The number of esters is 4. The Morgan fingerprint density at radius 2 is 1.79 bits per heavy atom. The number of carbonyl (C=O) groups is 4. The van der Waals surface area contributed by atoms with E-state index in [0.29, 0.717) is 13.3 Å². The molecule has 39 heavy (non-hydrogen) atoms. The van der Waals surface area contributed by atoms with E-state index in [1.165, 1.54) is 0 Å². The zero-order valence-corrected chi connectivity index (χ0v) is 22.6. The highest BCUT2D eigenvalue weighted by atomic mass is 32.2. The van der Waals surface area contributed by atoms with Crippen molar-refractivity contribution in [3.63, 3.8) is 0 Å². The van der Waals surface area contributed by atoms with Gasteiger partial charge in [0.2, 0.25) is 0 Å². The van der Waals surface area contributed by atoms with Gasteiger partial charge in [-0.25, -0.2) is 0 Å². The average molecular weight is 581 g/mol. The Kier molecular flexibility index (Phi) is 8.28. The summed E-state index contributed by atoms with van der Waals surface area (Å²) in [6, 6.07) is 0. The molecule has 1 aliphatic heterocycles. The second-order valence-corrected chi connectivity index (χ2v) is 12.5. The van der Waals surface area contributed by atoms with Crippen molar-refractivity contribution in [2.45, 2.75) is 107 Å². The summed E-state index contributed by atoms with van der Waals surface area (Å²) in [5, 5.41) is -4.73.